The van der Waals surface area contributed by atoms with Crippen molar-refractivity contribution in [1.82, 2.24) is 39.5 Å². The SMILES string of the molecule is CN(C)C=O.CN(C)C=O.CN(C)C=O.CN(C)C=O.[Ni+2].[Ni+2].[Ni+2].[O-]/C(COc1ccccc1)=N\N=C(/[O-])c1ccccc1[O-].[O-]/C(COc1ccccc1)=N\N=C(/[O-])c1ccccc1[O-].[OH3+].[OH3+].c1c[nH]cn1.c1c[nH]cn1. The van der Waals surface area contributed by atoms with Crippen LogP contribution < -0.4 is 40.1 Å². The van der Waals surface area contributed by atoms with Crippen LogP contribution in [0.15, 0.2) is 167 Å². The van der Waals surface area contributed by atoms with Crippen LogP contribution in [0.25, 0.3) is 0 Å². The molecule has 6 aromatic rings. The van der Waals surface area contributed by atoms with E-state index in [0.717, 1.165) is 25.6 Å². The van der Waals surface area contributed by atoms with Crippen molar-refractivity contribution < 1.29 is 120 Å². The van der Waals surface area contributed by atoms with E-state index in [9.17, 15) is 49.8 Å². The average molecular weight is 1210 g/mol. The molecule has 0 atom stereocenters. The van der Waals surface area contributed by atoms with E-state index in [0.29, 0.717) is 11.5 Å². The van der Waals surface area contributed by atoms with Crippen LogP contribution in [0.3, 0.4) is 0 Å². The minimum absolute atomic E-state index is 0. The van der Waals surface area contributed by atoms with E-state index in [2.05, 4.69) is 40.3 Å². The second-order valence-corrected chi connectivity index (χ2v) is 13.8. The number of aromatic nitrogens is 4. The topological polar surface area (TPSA) is 411 Å². The van der Waals surface area contributed by atoms with Crippen LogP contribution in [0.2, 0.25) is 0 Å². The van der Waals surface area contributed by atoms with Crippen LogP contribution in [0.4, 0.5) is 0 Å². The molecule has 29 heteroatoms. The van der Waals surface area contributed by atoms with Gasteiger partial charge in [-0.3, -0.25) is 19.2 Å². The predicted octanol–water partition coefficient (Wildman–Crippen LogP) is -2.97. The van der Waals surface area contributed by atoms with Gasteiger partial charge in [0.1, 0.15) is 24.7 Å². The molecule has 0 unspecified atom stereocenters. The Hall–Kier alpha value is -8.34. The summed E-state index contributed by atoms with van der Waals surface area (Å²) >= 11 is 0. The summed E-state index contributed by atoms with van der Waals surface area (Å²) in [5.41, 5.74) is -0.254. The number of carbonyl (C=O) groups excluding carboxylic acids is 4. The fourth-order valence-electron chi connectivity index (χ4n) is 3.41. The molecule has 0 saturated carbocycles. The Morgan fingerprint density at radius 1 is 0.468 bits per heavy atom. The normalized spacial score (nSPS) is 9.45. The van der Waals surface area contributed by atoms with Gasteiger partial charge in [-0.05, 0) is 35.4 Å². The smallest absolute Gasteiger partial charge is 0.872 e. The van der Waals surface area contributed by atoms with Gasteiger partial charge in [-0.2, -0.15) is 20.4 Å². The molecule has 4 aromatic carbocycles. The number of para-hydroxylation sites is 4. The monoisotopic (exact) mass is 1210 g/mol. The minimum atomic E-state index is -0.853. The Labute approximate surface area is 476 Å². The van der Waals surface area contributed by atoms with Gasteiger partial charge in [0.05, 0.1) is 12.7 Å². The van der Waals surface area contributed by atoms with Crippen molar-refractivity contribution in [2.24, 2.45) is 20.4 Å². The number of rotatable bonds is 14. The Morgan fingerprint density at radius 2 is 0.727 bits per heavy atom. The number of H-pyrrole nitrogens is 2. The summed E-state index contributed by atoms with van der Waals surface area (Å²) in [4.78, 5) is 56.3. The van der Waals surface area contributed by atoms with Crippen molar-refractivity contribution in [2.75, 3.05) is 69.6 Å². The van der Waals surface area contributed by atoms with E-state index >= 15 is 0 Å². The molecule has 0 fully saturated rings. The second kappa shape index (κ2) is 55.4. The summed E-state index contributed by atoms with van der Waals surface area (Å²) in [6.07, 6.45) is 13.2. The largest absolute Gasteiger partial charge is 2.00 e. The number of benzene rings is 4. The minimum Gasteiger partial charge on any atom is -0.872 e. The van der Waals surface area contributed by atoms with Gasteiger partial charge in [-0.15, -0.1) is 11.5 Å². The van der Waals surface area contributed by atoms with Gasteiger partial charge >= 0.3 is 49.5 Å². The fourth-order valence-corrected chi connectivity index (χ4v) is 3.41. The number of carbonyl (C=O) groups is 4. The summed E-state index contributed by atoms with van der Waals surface area (Å²) < 4.78 is 10.3. The number of nitrogens with one attached hydrogen (secondary N) is 2. The van der Waals surface area contributed by atoms with Gasteiger partial charge in [-0.1, -0.05) is 84.9 Å². The number of nitrogens with zero attached hydrogens (tertiary/aromatic N) is 10. The molecule has 2 heterocycles. The maximum atomic E-state index is 11.6. The fraction of sp³-hybridized carbons (Fsp3) is 0.208. The molecule has 428 valence electrons. The van der Waals surface area contributed by atoms with Crippen molar-refractivity contribution in [1.29, 1.82) is 0 Å². The van der Waals surface area contributed by atoms with E-state index in [4.69, 9.17) is 9.47 Å². The standard InChI is InChI=1S/2C15H14N2O4.2C3H4N2.4C3H7NO.3Ni.2H2O/c2*18-13-9-5-4-8-12(13)15(20)17-16-14(19)10-21-11-6-2-1-3-7-11;2*1-2-5-3-4-1;4*1-4(2)3-5;;;;;/h2*1-9,18H,10H2,(H,16,19)(H,17,20);2*1-3H,(H,4,5);4*3H,1-2H3;;;;2*1H2/q;;;;;;;;3*+2;;/p-4. The number of aromatic amines is 2. The molecule has 0 aliphatic heterocycles. The number of ether oxygens (including phenoxy) is 2. The quantitative estimate of drug-likeness (QED) is 0.0275. The molecule has 0 saturated heterocycles. The van der Waals surface area contributed by atoms with Gasteiger partial charge in [0.15, 0.2) is 0 Å². The summed E-state index contributed by atoms with van der Waals surface area (Å²) in [6.45, 7) is -0.667. The summed E-state index contributed by atoms with van der Waals surface area (Å²) in [6, 6.07) is 28.6. The number of hydrogen-bond acceptors (Lipinski definition) is 18. The molecule has 0 spiro atoms. The maximum Gasteiger partial charge on any atom is 2.00 e. The Bertz CT molecular complexity index is 2180. The van der Waals surface area contributed by atoms with E-state index in [1.807, 2.05) is 12.1 Å². The molecule has 0 bridgehead atoms. The van der Waals surface area contributed by atoms with Gasteiger partial charge in [0.2, 0.25) is 25.6 Å². The molecule has 2 aromatic heterocycles. The summed E-state index contributed by atoms with van der Waals surface area (Å²) in [5.74, 6) is -3.04. The van der Waals surface area contributed by atoms with Gasteiger partial charge < -0.3 is 80.6 Å². The van der Waals surface area contributed by atoms with Crippen molar-refractivity contribution in [3.63, 3.8) is 0 Å². The van der Waals surface area contributed by atoms with Crippen molar-refractivity contribution >= 4 is 49.2 Å². The summed E-state index contributed by atoms with van der Waals surface area (Å²) in [7, 11) is 13.5. The first kappa shape index (κ1) is 82.7. The third-order valence-corrected chi connectivity index (χ3v) is 6.61. The molecular weight excluding hydrogens is 1140 g/mol. The van der Waals surface area contributed by atoms with Crippen LogP contribution in [-0.4, -0.2) is 158 Å². The van der Waals surface area contributed by atoms with Crippen molar-refractivity contribution in [3.8, 4) is 23.0 Å². The molecule has 0 aliphatic carbocycles. The first-order chi connectivity index (χ1) is 34.4. The van der Waals surface area contributed by atoms with Crippen LogP contribution >= 0.6 is 0 Å². The first-order valence-corrected chi connectivity index (χ1v) is 20.6. The molecule has 77 heavy (non-hydrogen) atoms. The van der Waals surface area contributed by atoms with Crippen molar-refractivity contribution in [2.45, 2.75) is 0 Å². The summed E-state index contributed by atoms with van der Waals surface area (Å²) in [5, 5.41) is 81.7. The number of hydrogen-bond donors (Lipinski definition) is 2. The Kier molecular flexibility index (Phi) is 59.5. The number of amides is 4. The molecular formula is C48H64N12Ni3O14+2. The van der Waals surface area contributed by atoms with Crippen LogP contribution in [-0.2, 0) is 79.6 Å². The third-order valence-electron chi connectivity index (χ3n) is 6.61. The molecule has 26 nitrogen and oxygen atoms in total. The first-order valence-electron chi connectivity index (χ1n) is 20.6. The van der Waals surface area contributed by atoms with E-state index in [1.54, 1.807) is 142 Å². The van der Waals surface area contributed by atoms with Gasteiger partial charge in [0.25, 0.3) is 0 Å². The zero-order valence-electron chi connectivity index (χ0n) is 43.1. The zero-order chi connectivity index (χ0) is 54.4. The van der Waals surface area contributed by atoms with Gasteiger partial charge in [-0.25, -0.2) is 9.97 Å². The van der Waals surface area contributed by atoms with Crippen molar-refractivity contribution in [3.05, 3.63) is 158 Å². The van der Waals surface area contributed by atoms with E-state index in [1.165, 1.54) is 68.1 Å². The molecule has 6 rings (SSSR count). The zero-order valence-corrected chi connectivity index (χ0v) is 46.0. The van der Waals surface area contributed by atoms with E-state index in [-0.39, 0.29) is 84.8 Å². The second-order valence-electron chi connectivity index (χ2n) is 13.8. The van der Waals surface area contributed by atoms with Crippen LogP contribution in [0.5, 0.6) is 23.0 Å². The Balaban J connectivity index is -0.000000161. The molecule has 0 aliphatic rings. The van der Waals surface area contributed by atoms with Gasteiger partial charge in [0, 0.05) is 105 Å². The van der Waals surface area contributed by atoms with Crippen LogP contribution in [0.1, 0.15) is 11.1 Å². The predicted molar refractivity (Wildman–Crippen MR) is 270 cm³/mol. The average Bonchev–Trinajstić information content (AvgIpc) is 4.20. The third kappa shape index (κ3) is 51.0. The molecule has 0 radical (unpaired) electrons. The molecule has 8 N–H and O–H groups in total. The van der Waals surface area contributed by atoms with E-state index < -0.39 is 35.1 Å². The number of imidazole rings is 2. The molecule has 4 amide bonds. The van der Waals surface area contributed by atoms with Crippen LogP contribution in [0, 0.1) is 0 Å². The maximum absolute atomic E-state index is 11.6. The Morgan fingerprint density at radius 3 is 0.935 bits per heavy atom.